The number of nitrogens with zero attached hydrogens (tertiary/aromatic N) is 3. The second kappa shape index (κ2) is 6.01. The van der Waals surface area contributed by atoms with Crippen LogP contribution in [0.1, 0.15) is 13.8 Å². The van der Waals surface area contributed by atoms with Gasteiger partial charge in [-0.15, -0.1) is 0 Å². The van der Waals surface area contributed by atoms with Crippen molar-refractivity contribution in [2.75, 3.05) is 31.1 Å². The number of nitro benzene ring substituents is 1. The van der Waals surface area contributed by atoms with Gasteiger partial charge < -0.3 is 9.80 Å². The minimum Gasteiger partial charge on any atom is -0.368 e. The molecular weight excluding hydrogens is 338 g/mol. The van der Waals surface area contributed by atoms with E-state index in [2.05, 4.69) is 20.8 Å². The molecule has 0 bridgehead atoms. The summed E-state index contributed by atoms with van der Waals surface area (Å²) in [5, 5.41) is 10.8. The monoisotopic (exact) mass is 355 g/mol. The number of nitro groups is 1. The lowest BCUT2D eigenvalue weighted by atomic mass is 10.1. The Hall–Kier alpha value is -1.63. The van der Waals surface area contributed by atoms with Gasteiger partial charge in [-0.1, -0.05) is 22.0 Å². The molecule has 2 rings (SSSR count). The number of piperazine rings is 1. The zero-order valence-electron chi connectivity index (χ0n) is 12.1. The fourth-order valence-electron chi connectivity index (χ4n) is 2.35. The maximum absolute atomic E-state index is 12.2. The maximum atomic E-state index is 12.2. The molecule has 0 aliphatic carbocycles. The Balaban J connectivity index is 2.03. The van der Waals surface area contributed by atoms with Gasteiger partial charge in [-0.25, -0.2) is 0 Å². The number of carbonyl (C=O) groups is 1. The zero-order chi connectivity index (χ0) is 15.6. The molecule has 0 unspecified atom stereocenters. The first-order chi connectivity index (χ1) is 9.79. The first-order valence-corrected chi connectivity index (χ1v) is 7.56. The highest BCUT2D eigenvalue weighted by molar-refractivity contribution is 9.10. The van der Waals surface area contributed by atoms with E-state index in [0.29, 0.717) is 26.2 Å². The number of carbonyl (C=O) groups excluding carboxylic acids is 1. The summed E-state index contributed by atoms with van der Waals surface area (Å²) in [6.07, 6.45) is 0. The summed E-state index contributed by atoms with van der Waals surface area (Å²) in [6, 6.07) is 6.61. The molecule has 0 atom stereocenters. The van der Waals surface area contributed by atoms with Gasteiger partial charge in [-0.2, -0.15) is 0 Å². The number of rotatable bonds is 3. The first-order valence-electron chi connectivity index (χ1n) is 6.77. The molecule has 1 aromatic carbocycles. The van der Waals surface area contributed by atoms with E-state index >= 15 is 0 Å². The Morgan fingerprint density at radius 2 is 1.90 bits per heavy atom. The molecule has 21 heavy (non-hydrogen) atoms. The van der Waals surface area contributed by atoms with Gasteiger partial charge in [0.25, 0.3) is 5.69 Å². The molecule has 1 saturated heterocycles. The van der Waals surface area contributed by atoms with E-state index in [1.165, 1.54) is 6.07 Å². The van der Waals surface area contributed by atoms with E-state index < -0.39 is 9.25 Å². The van der Waals surface area contributed by atoms with Crippen LogP contribution in [0.5, 0.6) is 0 Å². The number of alkyl halides is 1. The fourth-order valence-corrected chi connectivity index (χ4v) is 2.60. The standard InChI is InChI=1S/C14H18BrN3O3/c1-14(2,15)13(19)17-8-6-16(7-9-17)11-4-3-5-12(10-11)18(20)21/h3-5,10H,6-9H2,1-2H3. The third-order valence-electron chi connectivity index (χ3n) is 3.48. The van der Waals surface area contributed by atoms with Gasteiger partial charge in [-0.3, -0.25) is 14.9 Å². The van der Waals surface area contributed by atoms with Gasteiger partial charge in [0.05, 0.1) is 9.25 Å². The van der Waals surface area contributed by atoms with Crippen molar-refractivity contribution in [1.29, 1.82) is 0 Å². The van der Waals surface area contributed by atoms with Crippen molar-refractivity contribution in [3.8, 4) is 0 Å². The topological polar surface area (TPSA) is 66.7 Å². The molecule has 1 heterocycles. The summed E-state index contributed by atoms with van der Waals surface area (Å²) in [5.41, 5.74) is 0.919. The maximum Gasteiger partial charge on any atom is 0.271 e. The van der Waals surface area contributed by atoms with E-state index in [1.54, 1.807) is 12.1 Å². The van der Waals surface area contributed by atoms with Gasteiger partial charge in [0.15, 0.2) is 0 Å². The largest absolute Gasteiger partial charge is 0.368 e. The number of hydrogen-bond donors (Lipinski definition) is 0. The van der Waals surface area contributed by atoms with E-state index in [9.17, 15) is 14.9 Å². The van der Waals surface area contributed by atoms with Crippen LogP contribution in [0.3, 0.4) is 0 Å². The molecule has 7 heteroatoms. The van der Waals surface area contributed by atoms with Crippen LogP contribution in [0.15, 0.2) is 24.3 Å². The minimum atomic E-state index is -0.555. The van der Waals surface area contributed by atoms with Crippen molar-refractivity contribution >= 4 is 33.2 Å². The Bertz CT molecular complexity index is 549. The summed E-state index contributed by atoms with van der Waals surface area (Å²) in [6.45, 7) is 6.27. The number of non-ortho nitro benzene ring substituents is 1. The molecule has 1 aliphatic rings. The third-order valence-corrected chi connectivity index (χ3v) is 3.82. The van der Waals surface area contributed by atoms with Crippen molar-refractivity contribution in [3.63, 3.8) is 0 Å². The summed E-state index contributed by atoms with van der Waals surface area (Å²) < 4.78 is -0.555. The Labute approximate surface area is 132 Å². The minimum absolute atomic E-state index is 0.0705. The van der Waals surface area contributed by atoms with E-state index in [-0.39, 0.29) is 11.6 Å². The smallest absolute Gasteiger partial charge is 0.271 e. The lowest BCUT2D eigenvalue weighted by molar-refractivity contribution is -0.384. The number of halogens is 1. The summed E-state index contributed by atoms with van der Waals surface area (Å²) >= 11 is 3.39. The quantitative estimate of drug-likeness (QED) is 0.474. The molecule has 0 spiro atoms. The highest BCUT2D eigenvalue weighted by Gasteiger charge is 2.31. The van der Waals surface area contributed by atoms with Gasteiger partial charge >= 0.3 is 0 Å². The summed E-state index contributed by atoms with van der Waals surface area (Å²) in [7, 11) is 0. The molecule has 1 fully saturated rings. The molecule has 0 saturated carbocycles. The normalized spacial score (nSPS) is 16.0. The van der Waals surface area contributed by atoms with Gasteiger partial charge in [-0.05, 0) is 19.9 Å². The van der Waals surface area contributed by atoms with Crippen LogP contribution < -0.4 is 4.90 Å². The molecule has 1 amide bonds. The van der Waals surface area contributed by atoms with Crippen LogP contribution in [0, 0.1) is 10.1 Å². The second-order valence-corrected chi connectivity index (χ2v) is 7.51. The van der Waals surface area contributed by atoms with Crippen LogP contribution in [-0.4, -0.2) is 46.2 Å². The van der Waals surface area contributed by atoms with Crippen molar-refractivity contribution in [2.45, 2.75) is 18.2 Å². The predicted octanol–water partition coefficient (Wildman–Crippen LogP) is 2.42. The Kier molecular flexibility index (Phi) is 4.51. The number of benzene rings is 1. The zero-order valence-corrected chi connectivity index (χ0v) is 13.7. The molecule has 0 aromatic heterocycles. The lowest BCUT2D eigenvalue weighted by Crippen LogP contribution is -2.52. The second-order valence-electron chi connectivity index (χ2n) is 5.53. The van der Waals surface area contributed by atoms with E-state index in [4.69, 9.17) is 0 Å². The molecule has 6 nitrogen and oxygen atoms in total. The Morgan fingerprint density at radius 1 is 1.29 bits per heavy atom. The molecular formula is C14H18BrN3O3. The highest BCUT2D eigenvalue weighted by Crippen LogP contribution is 2.24. The third kappa shape index (κ3) is 3.72. The van der Waals surface area contributed by atoms with Crippen LogP contribution in [0.25, 0.3) is 0 Å². The number of anilines is 1. The fraction of sp³-hybridized carbons (Fsp3) is 0.500. The predicted molar refractivity (Wildman–Crippen MR) is 84.9 cm³/mol. The summed E-state index contributed by atoms with van der Waals surface area (Å²) in [4.78, 5) is 26.5. The van der Waals surface area contributed by atoms with Crippen molar-refractivity contribution < 1.29 is 9.72 Å². The average molecular weight is 356 g/mol. The first kappa shape index (κ1) is 15.8. The van der Waals surface area contributed by atoms with Crippen molar-refractivity contribution in [1.82, 2.24) is 4.90 Å². The number of amides is 1. The van der Waals surface area contributed by atoms with E-state index in [1.807, 2.05) is 24.8 Å². The van der Waals surface area contributed by atoms with Crippen LogP contribution in [0.4, 0.5) is 11.4 Å². The summed E-state index contributed by atoms with van der Waals surface area (Å²) in [5.74, 6) is 0.0705. The Morgan fingerprint density at radius 3 is 2.43 bits per heavy atom. The van der Waals surface area contributed by atoms with Crippen molar-refractivity contribution in [3.05, 3.63) is 34.4 Å². The van der Waals surface area contributed by atoms with Gasteiger partial charge in [0.2, 0.25) is 5.91 Å². The average Bonchev–Trinajstić information content (AvgIpc) is 2.46. The molecule has 1 aromatic rings. The van der Waals surface area contributed by atoms with Crippen molar-refractivity contribution in [2.24, 2.45) is 0 Å². The molecule has 1 aliphatic heterocycles. The highest BCUT2D eigenvalue weighted by atomic mass is 79.9. The van der Waals surface area contributed by atoms with Crippen LogP contribution >= 0.6 is 15.9 Å². The van der Waals surface area contributed by atoms with Gasteiger partial charge in [0, 0.05) is 44.0 Å². The molecule has 0 radical (unpaired) electrons. The SMILES string of the molecule is CC(C)(Br)C(=O)N1CCN(c2cccc([N+](=O)[O-])c2)CC1. The van der Waals surface area contributed by atoms with Crippen LogP contribution in [0.2, 0.25) is 0 Å². The lowest BCUT2D eigenvalue weighted by Gasteiger charge is -2.38. The van der Waals surface area contributed by atoms with Gasteiger partial charge in [0.1, 0.15) is 0 Å². The molecule has 0 N–H and O–H groups in total. The number of hydrogen-bond acceptors (Lipinski definition) is 4. The van der Waals surface area contributed by atoms with E-state index in [0.717, 1.165) is 5.69 Å². The van der Waals surface area contributed by atoms with Crippen LogP contribution in [-0.2, 0) is 4.79 Å². The molecule has 114 valence electrons.